The second-order valence-corrected chi connectivity index (χ2v) is 7.35. The third-order valence-corrected chi connectivity index (χ3v) is 4.61. The molecule has 2 atom stereocenters. The van der Waals surface area contributed by atoms with Crippen LogP contribution in [0.4, 0.5) is 0 Å². The Bertz CT molecular complexity index is 631. The van der Waals surface area contributed by atoms with Crippen molar-refractivity contribution in [1.29, 1.82) is 0 Å². The average Bonchev–Trinajstić information content (AvgIpc) is 2.54. The lowest BCUT2D eigenvalue weighted by Crippen LogP contribution is -2.29. The van der Waals surface area contributed by atoms with Crippen LogP contribution in [0, 0.1) is 5.92 Å². The third kappa shape index (κ3) is 6.01. The quantitative estimate of drug-likeness (QED) is 0.646. The fourth-order valence-corrected chi connectivity index (χ4v) is 3.11. The Labute approximate surface area is 154 Å². The predicted octanol–water partition coefficient (Wildman–Crippen LogP) is 5.75. The molecule has 0 radical (unpaired) electrons. The van der Waals surface area contributed by atoms with Gasteiger partial charge in [-0.05, 0) is 48.9 Å². The van der Waals surface area contributed by atoms with Gasteiger partial charge in [0.05, 0.1) is 5.02 Å². The minimum Gasteiger partial charge on any atom is -0.489 e. The average molecular weight is 366 g/mol. The fraction of sp³-hybridized carbons (Fsp3) is 0.400. The van der Waals surface area contributed by atoms with Gasteiger partial charge in [0.15, 0.2) is 0 Å². The first-order valence-corrected chi connectivity index (χ1v) is 9.12. The molecule has 2 aromatic rings. The monoisotopic (exact) mass is 365 g/mol. The van der Waals surface area contributed by atoms with Crippen LogP contribution in [-0.2, 0) is 6.42 Å². The molecule has 2 N–H and O–H groups in total. The van der Waals surface area contributed by atoms with Crippen molar-refractivity contribution < 1.29 is 4.74 Å². The maximum Gasteiger partial charge on any atom is 0.138 e. The van der Waals surface area contributed by atoms with Crippen LogP contribution in [0.2, 0.25) is 10.0 Å². The summed E-state index contributed by atoms with van der Waals surface area (Å²) in [6.45, 7) is 4.30. The van der Waals surface area contributed by atoms with Crippen molar-refractivity contribution >= 4 is 23.2 Å². The van der Waals surface area contributed by atoms with E-state index in [0.29, 0.717) is 21.7 Å². The van der Waals surface area contributed by atoms with Gasteiger partial charge >= 0.3 is 0 Å². The molecule has 130 valence electrons. The zero-order valence-electron chi connectivity index (χ0n) is 14.2. The molecule has 2 aromatic carbocycles. The van der Waals surface area contributed by atoms with Crippen molar-refractivity contribution in [1.82, 2.24) is 0 Å². The van der Waals surface area contributed by atoms with E-state index in [9.17, 15) is 0 Å². The van der Waals surface area contributed by atoms with E-state index in [1.54, 1.807) is 12.1 Å². The standard InChI is InChI=1S/C20H25Cl2NO/c1-14(2)19(24-20-10-8-16(21)13-18(20)22)11-9-17(23)12-15-6-4-3-5-7-15/h3-8,10,13-14,17,19H,9,11-12,23H2,1-2H3. The minimum atomic E-state index is 0.0745. The summed E-state index contributed by atoms with van der Waals surface area (Å²) >= 11 is 12.2. The molecule has 0 aliphatic carbocycles. The van der Waals surface area contributed by atoms with E-state index >= 15 is 0 Å². The SMILES string of the molecule is CC(C)C(CCC(N)Cc1ccccc1)Oc1ccc(Cl)cc1Cl. The lowest BCUT2D eigenvalue weighted by Gasteiger charge is -2.24. The molecule has 2 rings (SSSR count). The summed E-state index contributed by atoms with van der Waals surface area (Å²) in [4.78, 5) is 0. The van der Waals surface area contributed by atoms with E-state index in [-0.39, 0.29) is 12.1 Å². The molecule has 0 aromatic heterocycles. The number of rotatable bonds is 8. The Balaban J connectivity index is 1.91. The summed E-state index contributed by atoms with van der Waals surface area (Å²) < 4.78 is 6.12. The van der Waals surface area contributed by atoms with Crippen LogP contribution < -0.4 is 10.5 Å². The first-order chi connectivity index (χ1) is 11.5. The first kappa shape index (κ1) is 19.1. The summed E-state index contributed by atoms with van der Waals surface area (Å²) in [5.41, 5.74) is 7.57. The number of halogens is 2. The van der Waals surface area contributed by atoms with Crippen molar-refractivity contribution in [2.24, 2.45) is 11.7 Å². The molecule has 0 heterocycles. The van der Waals surface area contributed by atoms with Gasteiger partial charge in [0.25, 0.3) is 0 Å². The molecule has 2 unspecified atom stereocenters. The zero-order chi connectivity index (χ0) is 17.5. The topological polar surface area (TPSA) is 35.2 Å². The van der Waals surface area contributed by atoms with Gasteiger partial charge in [-0.1, -0.05) is 67.4 Å². The fourth-order valence-electron chi connectivity index (χ4n) is 2.66. The lowest BCUT2D eigenvalue weighted by atomic mass is 9.96. The molecular weight excluding hydrogens is 341 g/mol. The highest BCUT2D eigenvalue weighted by Gasteiger charge is 2.18. The number of nitrogens with two attached hydrogens (primary N) is 1. The second kappa shape index (κ2) is 9.31. The Hall–Kier alpha value is -1.22. The van der Waals surface area contributed by atoms with Crippen LogP contribution in [0.3, 0.4) is 0 Å². The Kier molecular flexibility index (Phi) is 7.41. The normalized spacial score (nSPS) is 13.8. The molecule has 0 aliphatic heterocycles. The van der Waals surface area contributed by atoms with Gasteiger partial charge in [-0.15, -0.1) is 0 Å². The van der Waals surface area contributed by atoms with Crippen LogP contribution in [0.1, 0.15) is 32.3 Å². The number of ether oxygens (including phenoxy) is 1. The highest BCUT2D eigenvalue weighted by atomic mass is 35.5. The summed E-state index contributed by atoms with van der Waals surface area (Å²) in [6, 6.07) is 15.8. The molecule has 0 saturated carbocycles. The van der Waals surface area contributed by atoms with E-state index in [1.807, 2.05) is 24.3 Å². The van der Waals surface area contributed by atoms with Gasteiger partial charge in [-0.25, -0.2) is 0 Å². The van der Waals surface area contributed by atoms with Crippen LogP contribution in [0.25, 0.3) is 0 Å². The molecule has 4 heteroatoms. The van der Waals surface area contributed by atoms with E-state index in [1.165, 1.54) is 5.56 Å². The van der Waals surface area contributed by atoms with Crippen molar-refractivity contribution in [3.8, 4) is 5.75 Å². The van der Waals surface area contributed by atoms with Crippen molar-refractivity contribution in [3.05, 3.63) is 64.1 Å². The first-order valence-electron chi connectivity index (χ1n) is 8.37. The van der Waals surface area contributed by atoms with E-state index < -0.39 is 0 Å². The smallest absolute Gasteiger partial charge is 0.138 e. The second-order valence-electron chi connectivity index (χ2n) is 6.50. The maximum atomic E-state index is 6.30. The Morgan fingerprint density at radius 2 is 1.71 bits per heavy atom. The van der Waals surface area contributed by atoms with Gasteiger partial charge in [0.2, 0.25) is 0 Å². The van der Waals surface area contributed by atoms with Crippen molar-refractivity contribution in [2.45, 2.75) is 45.3 Å². The number of benzene rings is 2. The van der Waals surface area contributed by atoms with Crippen molar-refractivity contribution in [3.63, 3.8) is 0 Å². The largest absolute Gasteiger partial charge is 0.489 e. The molecule has 0 fully saturated rings. The highest BCUT2D eigenvalue weighted by Crippen LogP contribution is 2.30. The zero-order valence-corrected chi connectivity index (χ0v) is 15.7. The van der Waals surface area contributed by atoms with E-state index in [2.05, 4.69) is 26.0 Å². The summed E-state index contributed by atoms with van der Waals surface area (Å²) in [5.74, 6) is 1.05. The summed E-state index contributed by atoms with van der Waals surface area (Å²) in [5, 5.41) is 1.15. The Morgan fingerprint density at radius 3 is 2.33 bits per heavy atom. The van der Waals surface area contributed by atoms with Crippen LogP contribution in [0.15, 0.2) is 48.5 Å². The van der Waals surface area contributed by atoms with Crippen LogP contribution >= 0.6 is 23.2 Å². The van der Waals surface area contributed by atoms with E-state index in [0.717, 1.165) is 19.3 Å². The number of hydrogen-bond acceptors (Lipinski definition) is 2. The Morgan fingerprint density at radius 1 is 1.00 bits per heavy atom. The molecule has 0 aliphatic rings. The van der Waals surface area contributed by atoms with Crippen LogP contribution in [-0.4, -0.2) is 12.1 Å². The van der Waals surface area contributed by atoms with Gasteiger partial charge < -0.3 is 10.5 Å². The highest BCUT2D eigenvalue weighted by molar-refractivity contribution is 6.35. The third-order valence-electron chi connectivity index (χ3n) is 4.08. The summed E-state index contributed by atoms with van der Waals surface area (Å²) in [7, 11) is 0. The molecule has 2 nitrogen and oxygen atoms in total. The van der Waals surface area contributed by atoms with Gasteiger partial charge in [0.1, 0.15) is 11.9 Å². The molecule has 0 saturated heterocycles. The van der Waals surface area contributed by atoms with Crippen molar-refractivity contribution in [2.75, 3.05) is 0 Å². The molecular formula is C20H25Cl2NO. The molecule has 0 amide bonds. The predicted molar refractivity (Wildman–Crippen MR) is 103 cm³/mol. The molecule has 0 bridgehead atoms. The lowest BCUT2D eigenvalue weighted by molar-refractivity contribution is 0.137. The molecule has 0 spiro atoms. The maximum absolute atomic E-state index is 6.30. The van der Waals surface area contributed by atoms with Crippen LogP contribution in [0.5, 0.6) is 5.75 Å². The molecule has 24 heavy (non-hydrogen) atoms. The van der Waals surface area contributed by atoms with Gasteiger partial charge in [-0.2, -0.15) is 0 Å². The van der Waals surface area contributed by atoms with Gasteiger partial charge in [0, 0.05) is 11.1 Å². The number of hydrogen-bond donors (Lipinski definition) is 1. The minimum absolute atomic E-state index is 0.0745. The summed E-state index contributed by atoms with van der Waals surface area (Å²) in [6.07, 6.45) is 2.76. The van der Waals surface area contributed by atoms with Gasteiger partial charge in [-0.3, -0.25) is 0 Å². The van der Waals surface area contributed by atoms with E-state index in [4.69, 9.17) is 33.7 Å².